The first-order chi connectivity index (χ1) is 50.7. The van der Waals surface area contributed by atoms with Crippen LogP contribution in [0, 0.1) is 6.92 Å². The van der Waals surface area contributed by atoms with Gasteiger partial charge in [-0.1, -0.05) is 194 Å². The van der Waals surface area contributed by atoms with Gasteiger partial charge in [0.2, 0.25) is 0 Å². The molecule has 14 rings (SSSR count). The number of phenolic OH excluding ortho intramolecular Hbond substituents is 4. The summed E-state index contributed by atoms with van der Waals surface area (Å²) < 4.78 is 75.4. The van der Waals surface area contributed by atoms with E-state index in [0.29, 0.717) is 74.7 Å². The summed E-state index contributed by atoms with van der Waals surface area (Å²) in [6.07, 6.45) is -0.758. The minimum absolute atomic E-state index is 0. The van der Waals surface area contributed by atoms with Crippen LogP contribution in [0.3, 0.4) is 0 Å². The number of aryl methyl sites for hydroxylation is 1. The number of hydrogen-bond acceptors (Lipinski definition) is 22. The molecule has 28 heteroatoms. The molecule has 0 saturated heterocycles. The van der Waals surface area contributed by atoms with Crippen LogP contribution in [-0.2, 0) is 25.7 Å². The summed E-state index contributed by atoms with van der Waals surface area (Å²) in [5, 5.41) is 69.3. The first-order valence-electron chi connectivity index (χ1n) is 33.2. The van der Waals surface area contributed by atoms with Gasteiger partial charge >= 0.3 is 29.6 Å². The zero-order valence-corrected chi connectivity index (χ0v) is 63.1. The quantitative estimate of drug-likeness (QED) is 0.0364. The van der Waals surface area contributed by atoms with Gasteiger partial charge in [0.25, 0.3) is 10.1 Å². The summed E-state index contributed by atoms with van der Waals surface area (Å²) in [4.78, 5) is 29.8. The molecule has 4 heterocycles. The minimum Gasteiger partial charge on any atom is -0.744 e. The Hall–Kier alpha value is -11.4. The van der Waals surface area contributed by atoms with Gasteiger partial charge in [-0.05, 0) is 97.0 Å². The van der Waals surface area contributed by atoms with Crippen LogP contribution in [0.15, 0.2) is 235 Å². The molecule has 2 atom stereocenters. The molecule has 0 aliphatic carbocycles. The Labute approximate surface area is 646 Å². The molecule has 0 bridgehead atoms. The van der Waals surface area contributed by atoms with Gasteiger partial charge in [-0.15, -0.1) is 30.0 Å². The first kappa shape index (κ1) is 80.7. The maximum Gasteiger partial charge on any atom is 1.00 e. The standard InChI is InChI=1S/C24H21N3O6S.C22H17N3O2.C17H19N3O.C16H17N3O4S.CH4.Na/c28-18(15-34(30,31)32)14-33-19-11-12-20(21(29)13-19)24-26-22(16-7-3-1-4-8-16)25-23(27-24)17-9-5-2-6-10-17;1-27-17-12-13-18(19(26)14-17)22-24-20(15-8-4-2-5-9-15)23-21(25-22)16-10-6-3-7-11-16;1-11-9-12(17(2,3)4)16(21)15(10-11)20-18-13-7-5-6-8-14(13)19-20;1-3-10(2)12-8-11(24(21,22)23)9-15(16(12)20)19-17-13-6-4-5-7-14(13)18-19;;/h1-13,18,28-29H,14-15H2,(H,30,31,32);2-14,26H,1H3;5-10,21H,1-4H3;4-10,20H,3H2,1-2H3,(H,21,22,23);1H4;/q;;;;;+1/p-1. The van der Waals surface area contributed by atoms with Gasteiger partial charge in [-0.2, -0.15) is 8.42 Å². The van der Waals surface area contributed by atoms with Crippen molar-refractivity contribution < 1.29 is 90.5 Å². The molecule has 0 aliphatic heterocycles. The molecule has 108 heavy (non-hydrogen) atoms. The Morgan fingerprint density at radius 2 is 0.852 bits per heavy atom. The number of ether oxygens (including phenoxy) is 2. The molecule has 4 aromatic heterocycles. The maximum absolute atomic E-state index is 11.5. The van der Waals surface area contributed by atoms with Gasteiger partial charge in [-0.3, -0.25) is 4.55 Å². The second-order valence-corrected chi connectivity index (χ2v) is 28.3. The predicted molar refractivity (Wildman–Crippen MR) is 408 cm³/mol. The third-order valence-corrected chi connectivity index (χ3v) is 18.1. The van der Waals surface area contributed by atoms with Crippen molar-refractivity contribution in [2.45, 2.75) is 77.7 Å². The number of aromatic hydroxyl groups is 4. The van der Waals surface area contributed by atoms with E-state index < -0.39 is 37.0 Å². The van der Waals surface area contributed by atoms with E-state index >= 15 is 0 Å². The number of methoxy groups -OCH3 is 1. The normalized spacial score (nSPS) is 11.8. The molecule has 2 unspecified atom stereocenters. The van der Waals surface area contributed by atoms with Crippen LogP contribution in [0.4, 0.5) is 0 Å². The first-order valence-corrected chi connectivity index (χ1v) is 36.2. The SMILES string of the molecule is C.CCC(C)c1cc(S(=O)(=O)[O-])cc(-n2nc3ccccc3n2)c1O.COc1ccc(-c2nc(-c3ccccc3)nc(-c3ccccc3)n2)c(O)c1.Cc1cc(-n2nc3ccccc3n2)c(O)c(C(C)(C)C)c1.O=S(=O)(O)CC(O)COc1ccc(-c2nc(-c3ccccc3)nc(-c3ccccc3)n2)c(O)c1.[Na+]. The van der Waals surface area contributed by atoms with E-state index in [4.69, 9.17) is 14.0 Å². The van der Waals surface area contributed by atoms with Gasteiger partial charge in [0.1, 0.15) is 96.5 Å². The van der Waals surface area contributed by atoms with Gasteiger partial charge in [-0.25, -0.2) is 38.3 Å². The number of nitrogens with zero attached hydrogens (tertiary/aromatic N) is 12. The van der Waals surface area contributed by atoms with Crippen molar-refractivity contribution in [2.24, 2.45) is 0 Å². The second kappa shape index (κ2) is 35.3. The number of hydrogen-bond donors (Lipinski definition) is 6. The van der Waals surface area contributed by atoms with E-state index in [1.807, 2.05) is 178 Å². The molecule has 0 aliphatic rings. The number of phenols is 4. The van der Waals surface area contributed by atoms with Crippen molar-refractivity contribution in [3.63, 3.8) is 0 Å². The van der Waals surface area contributed by atoms with E-state index in [9.17, 15) is 46.9 Å². The maximum atomic E-state index is 11.5. The number of fused-ring (bicyclic) bond motifs is 2. The van der Waals surface area contributed by atoms with Crippen molar-refractivity contribution >= 4 is 42.3 Å². The monoisotopic (exact) mass is 1500 g/mol. The molecule has 0 spiro atoms. The number of aliphatic hydroxyl groups excluding tert-OH is 1. The Morgan fingerprint density at radius 1 is 0.491 bits per heavy atom. The van der Waals surface area contributed by atoms with Gasteiger partial charge in [0.05, 0.1) is 23.1 Å². The molecule has 548 valence electrons. The smallest absolute Gasteiger partial charge is 0.744 e. The summed E-state index contributed by atoms with van der Waals surface area (Å²) >= 11 is 0. The van der Waals surface area contributed by atoms with E-state index in [1.54, 1.807) is 55.6 Å². The molecule has 14 aromatic rings. The number of benzene rings is 10. The summed E-state index contributed by atoms with van der Waals surface area (Å²) in [5.74, 6) is 2.41. The summed E-state index contributed by atoms with van der Waals surface area (Å²) in [6, 6.07) is 68.7. The summed E-state index contributed by atoms with van der Waals surface area (Å²) in [7, 11) is -7.45. The van der Waals surface area contributed by atoms with Gasteiger partial charge < -0.3 is 39.6 Å². The summed E-state index contributed by atoms with van der Waals surface area (Å²) in [6.45, 7) is 11.6. The predicted octanol–water partition coefficient (Wildman–Crippen LogP) is 11.7. The van der Waals surface area contributed by atoms with Gasteiger partial charge in [0, 0.05) is 45.5 Å². The Balaban J connectivity index is 0.000000168. The average Bonchev–Trinajstić information content (AvgIpc) is 1.47. The minimum atomic E-state index is -4.67. The van der Waals surface area contributed by atoms with Crippen LogP contribution in [0.25, 0.3) is 102 Å². The van der Waals surface area contributed by atoms with Crippen molar-refractivity contribution in [1.29, 1.82) is 0 Å². The average molecular weight is 1500 g/mol. The molecular formula is C80H77N12NaO13S2. The van der Waals surface area contributed by atoms with Crippen LogP contribution in [-0.4, -0.2) is 137 Å². The number of aromatic nitrogens is 12. The fourth-order valence-corrected chi connectivity index (χ4v) is 12.0. The molecule has 6 N–H and O–H groups in total. The van der Waals surface area contributed by atoms with Crippen molar-refractivity contribution in [3.05, 3.63) is 247 Å². The van der Waals surface area contributed by atoms with Crippen LogP contribution < -0.4 is 39.0 Å². The molecule has 0 radical (unpaired) electrons. The fraction of sp³-hybridized carbons (Fsp3) is 0.175. The van der Waals surface area contributed by atoms with E-state index in [1.165, 1.54) is 23.0 Å². The van der Waals surface area contributed by atoms with Crippen LogP contribution >= 0.6 is 0 Å². The number of rotatable bonds is 17. The van der Waals surface area contributed by atoms with Crippen LogP contribution in [0.1, 0.15) is 71.1 Å². The second-order valence-electron chi connectivity index (χ2n) is 25.4. The molecule has 0 saturated carbocycles. The topological polar surface area (TPSA) is 370 Å². The van der Waals surface area contributed by atoms with Crippen molar-refractivity contribution in [3.8, 4) is 114 Å². The third kappa shape index (κ3) is 20.2. The molecule has 0 fully saturated rings. The fourth-order valence-electron chi connectivity index (χ4n) is 10.9. The van der Waals surface area contributed by atoms with E-state index in [2.05, 4.69) is 71.1 Å². The summed E-state index contributed by atoms with van der Waals surface area (Å²) in [5.41, 5.74) is 9.92. The van der Waals surface area contributed by atoms with E-state index in [0.717, 1.165) is 55.3 Å². The van der Waals surface area contributed by atoms with Crippen molar-refractivity contribution in [2.75, 3.05) is 19.5 Å². The van der Waals surface area contributed by atoms with Gasteiger partial charge in [0.15, 0.2) is 34.9 Å². The third-order valence-electron chi connectivity index (χ3n) is 16.5. The number of aliphatic hydroxyl groups is 1. The molecular weight excluding hydrogens is 1420 g/mol. The van der Waals surface area contributed by atoms with Crippen molar-refractivity contribution in [1.82, 2.24) is 59.9 Å². The van der Waals surface area contributed by atoms with E-state index in [-0.39, 0.29) is 95.2 Å². The Kier molecular flexibility index (Phi) is 26.4. The zero-order chi connectivity index (χ0) is 75.5. The largest absolute Gasteiger partial charge is 1.00 e. The van der Waals surface area contributed by atoms with Crippen LogP contribution in [0.5, 0.6) is 34.5 Å². The molecule has 10 aromatic carbocycles. The molecule has 0 amide bonds. The Morgan fingerprint density at radius 3 is 1.20 bits per heavy atom. The van der Waals surface area contributed by atoms with Crippen LogP contribution in [0.2, 0.25) is 0 Å². The Bertz CT molecular complexity index is 5490. The zero-order valence-electron chi connectivity index (χ0n) is 59.4. The molecule has 25 nitrogen and oxygen atoms in total.